The number of nitrogens with zero attached hydrogens (tertiary/aromatic N) is 1. The summed E-state index contributed by atoms with van der Waals surface area (Å²) in [5.41, 5.74) is -0.400. The molecule has 3 fully saturated rings. The second kappa shape index (κ2) is 6.62. The van der Waals surface area contributed by atoms with Gasteiger partial charge < -0.3 is 15.0 Å². The summed E-state index contributed by atoms with van der Waals surface area (Å²) >= 11 is 0. The van der Waals surface area contributed by atoms with Crippen molar-refractivity contribution in [2.24, 2.45) is 5.92 Å². The average Bonchev–Trinajstić information content (AvgIpc) is 3.04. The van der Waals surface area contributed by atoms with Crippen LogP contribution in [0.25, 0.3) is 0 Å². The molecule has 1 aliphatic carbocycles. The Morgan fingerprint density at radius 2 is 1.65 bits per heavy atom. The van der Waals surface area contributed by atoms with Crippen LogP contribution in [-0.2, 0) is 4.74 Å². The highest BCUT2D eigenvalue weighted by atomic mass is 16.6. The fourth-order valence-corrected chi connectivity index (χ4v) is 4.89. The molecule has 3 atom stereocenters. The second-order valence-corrected chi connectivity index (χ2v) is 8.94. The van der Waals surface area contributed by atoms with Crippen LogP contribution in [-0.4, -0.2) is 40.8 Å². The minimum atomic E-state index is -0.400. The molecule has 2 saturated heterocycles. The van der Waals surface area contributed by atoms with E-state index in [-0.39, 0.29) is 6.09 Å². The van der Waals surface area contributed by atoms with Crippen LogP contribution >= 0.6 is 0 Å². The molecule has 132 valence electrons. The van der Waals surface area contributed by atoms with Crippen molar-refractivity contribution in [3.8, 4) is 0 Å². The molecular formula is C19H34N2O2. The number of nitrogens with one attached hydrogen (secondary N) is 1. The summed E-state index contributed by atoms with van der Waals surface area (Å²) in [5, 5.41) is 3.89. The number of piperidine rings is 1. The first-order valence-corrected chi connectivity index (χ1v) is 9.61. The maximum absolute atomic E-state index is 12.5. The van der Waals surface area contributed by atoms with Crippen molar-refractivity contribution in [3.05, 3.63) is 0 Å². The van der Waals surface area contributed by atoms with Gasteiger partial charge in [0.1, 0.15) is 5.60 Å². The van der Waals surface area contributed by atoms with Crippen molar-refractivity contribution in [1.82, 2.24) is 10.2 Å². The lowest BCUT2D eigenvalue weighted by atomic mass is 9.93. The Balaban J connectivity index is 1.55. The van der Waals surface area contributed by atoms with Gasteiger partial charge in [-0.3, -0.25) is 0 Å². The van der Waals surface area contributed by atoms with Gasteiger partial charge in [-0.25, -0.2) is 4.79 Å². The molecule has 3 rings (SSSR count). The summed E-state index contributed by atoms with van der Waals surface area (Å²) in [7, 11) is 0. The van der Waals surface area contributed by atoms with E-state index in [4.69, 9.17) is 4.74 Å². The molecule has 4 heteroatoms. The Bertz CT molecular complexity index is 412. The number of fused-ring (bicyclic) bond motifs is 2. The largest absolute Gasteiger partial charge is 0.444 e. The zero-order valence-corrected chi connectivity index (χ0v) is 15.3. The van der Waals surface area contributed by atoms with E-state index in [0.717, 1.165) is 31.6 Å². The summed E-state index contributed by atoms with van der Waals surface area (Å²) in [6, 6.07) is 1.94. The summed E-state index contributed by atoms with van der Waals surface area (Å²) in [6.45, 7) is 8.21. The molecule has 0 spiro atoms. The molecule has 1 amide bonds. The maximum Gasteiger partial charge on any atom is 0.410 e. The van der Waals surface area contributed by atoms with E-state index in [2.05, 4.69) is 12.2 Å². The van der Waals surface area contributed by atoms with Crippen LogP contribution in [0.3, 0.4) is 0 Å². The van der Waals surface area contributed by atoms with Gasteiger partial charge in [0.2, 0.25) is 0 Å². The SMILES string of the molecule is C[C@@H](NC1CC2CCC(C1)N2C(=O)OC(C)(C)C)C1CCCC1. The fourth-order valence-electron chi connectivity index (χ4n) is 4.89. The Morgan fingerprint density at radius 1 is 1.09 bits per heavy atom. The highest BCUT2D eigenvalue weighted by Crippen LogP contribution is 2.37. The van der Waals surface area contributed by atoms with Gasteiger partial charge in [-0.1, -0.05) is 12.8 Å². The van der Waals surface area contributed by atoms with Gasteiger partial charge in [-0.2, -0.15) is 0 Å². The van der Waals surface area contributed by atoms with E-state index in [0.29, 0.717) is 24.2 Å². The molecule has 2 aliphatic heterocycles. The van der Waals surface area contributed by atoms with E-state index in [1.54, 1.807) is 0 Å². The normalized spacial score (nSPS) is 33.0. The van der Waals surface area contributed by atoms with Gasteiger partial charge in [0.05, 0.1) is 0 Å². The predicted molar refractivity (Wildman–Crippen MR) is 92.5 cm³/mol. The minimum Gasteiger partial charge on any atom is -0.444 e. The van der Waals surface area contributed by atoms with E-state index in [9.17, 15) is 4.79 Å². The van der Waals surface area contributed by atoms with Crippen molar-refractivity contribution >= 4 is 6.09 Å². The topological polar surface area (TPSA) is 41.6 Å². The lowest BCUT2D eigenvalue weighted by molar-refractivity contribution is 0.00406. The van der Waals surface area contributed by atoms with Crippen molar-refractivity contribution in [2.45, 2.75) is 109 Å². The van der Waals surface area contributed by atoms with Gasteiger partial charge >= 0.3 is 6.09 Å². The molecule has 0 radical (unpaired) electrons. The third-order valence-electron chi connectivity index (χ3n) is 5.94. The molecule has 0 aromatic heterocycles. The zero-order chi connectivity index (χ0) is 16.6. The number of amides is 1. The zero-order valence-electron chi connectivity index (χ0n) is 15.3. The van der Waals surface area contributed by atoms with Gasteiger partial charge in [-0.15, -0.1) is 0 Å². The maximum atomic E-state index is 12.5. The monoisotopic (exact) mass is 322 g/mol. The van der Waals surface area contributed by atoms with Crippen LogP contribution in [0.1, 0.15) is 79.1 Å². The highest BCUT2D eigenvalue weighted by molar-refractivity contribution is 5.69. The molecule has 0 aromatic carbocycles. The van der Waals surface area contributed by atoms with E-state index in [1.807, 2.05) is 25.7 Å². The Labute approximate surface area is 141 Å². The van der Waals surface area contributed by atoms with Gasteiger partial charge in [0, 0.05) is 24.2 Å². The number of hydrogen-bond acceptors (Lipinski definition) is 3. The third-order valence-corrected chi connectivity index (χ3v) is 5.94. The third kappa shape index (κ3) is 4.01. The van der Waals surface area contributed by atoms with Crippen molar-refractivity contribution in [1.29, 1.82) is 0 Å². The quantitative estimate of drug-likeness (QED) is 0.851. The summed E-state index contributed by atoms with van der Waals surface area (Å²) in [6.07, 6.45) is 9.93. The summed E-state index contributed by atoms with van der Waals surface area (Å²) in [5.74, 6) is 0.858. The highest BCUT2D eigenvalue weighted by Gasteiger charge is 2.45. The Morgan fingerprint density at radius 3 is 2.17 bits per heavy atom. The van der Waals surface area contributed by atoms with Gasteiger partial charge in [-0.05, 0) is 72.1 Å². The molecular weight excluding hydrogens is 288 g/mol. The smallest absolute Gasteiger partial charge is 0.410 e. The number of ether oxygens (including phenoxy) is 1. The van der Waals surface area contributed by atoms with Gasteiger partial charge in [0.25, 0.3) is 0 Å². The van der Waals surface area contributed by atoms with Crippen LogP contribution in [0.4, 0.5) is 4.79 Å². The van der Waals surface area contributed by atoms with Crippen molar-refractivity contribution < 1.29 is 9.53 Å². The van der Waals surface area contributed by atoms with Crippen molar-refractivity contribution in [2.75, 3.05) is 0 Å². The second-order valence-electron chi connectivity index (χ2n) is 8.94. The predicted octanol–water partition coefficient (Wildman–Crippen LogP) is 4.09. The van der Waals surface area contributed by atoms with Crippen LogP contribution in [0.5, 0.6) is 0 Å². The number of carbonyl (C=O) groups is 1. The fraction of sp³-hybridized carbons (Fsp3) is 0.947. The van der Waals surface area contributed by atoms with Crippen LogP contribution < -0.4 is 5.32 Å². The van der Waals surface area contributed by atoms with E-state index >= 15 is 0 Å². The van der Waals surface area contributed by atoms with Crippen LogP contribution in [0.15, 0.2) is 0 Å². The molecule has 4 nitrogen and oxygen atoms in total. The van der Waals surface area contributed by atoms with E-state index < -0.39 is 5.60 Å². The number of rotatable bonds is 3. The average molecular weight is 322 g/mol. The molecule has 1 N–H and O–H groups in total. The molecule has 3 aliphatic rings. The molecule has 1 saturated carbocycles. The number of carbonyl (C=O) groups excluding carboxylic acids is 1. The first-order valence-electron chi connectivity index (χ1n) is 9.61. The van der Waals surface area contributed by atoms with Crippen molar-refractivity contribution in [3.63, 3.8) is 0 Å². The Hall–Kier alpha value is -0.770. The minimum absolute atomic E-state index is 0.104. The van der Waals surface area contributed by atoms with Crippen LogP contribution in [0, 0.1) is 5.92 Å². The van der Waals surface area contributed by atoms with Gasteiger partial charge in [0.15, 0.2) is 0 Å². The Kier molecular flexibility index (Phi) is 4.91. The molecule has 2 unspecified atom stereocenters. The summed E-state index contributed by atoms with van der Waals surface area (Å²) < 4.78 is 5.62. The first kappa shape index (κ1) is 17.1. The standard InChI is InChI=1S/C19H34N2O2/c1-13(14-7-5-6-8-14)20-15-11-16-9-10-17(12-15)21(16)18(22)23-19(2,3)4/h13-17,20H,5-12H2,1-4H3/t13-,15?,16?,17?/m1/s1. The lowest BCUT2D eigenvalue weighted by Gasteiger charge is -2.41. The lowest BCUT2D eigenvalue weighted by Crippen LogP contribution is -2.54. The molecule has 0 aromatic rings. The van der Waals surface area contributed by atoms with E-state index in [1.165, 1.54) is 25.7 Å². The summed E-state index contributed by atoms with van der Waals surface area (Å²) in [4.78, 5) is 14.5. The first-order chi connectivity index (χ1) is 10.8. The molecule has 23 heavy (non-hydrogen) atoms. The molecule has 2 heterocycles. The molecule has 2 bridgehead atoms. The van der Waals surface area contributed by atoms with Crippen LogP contribution in [0.2, 0.25) is 0 Å². The number of hydrogen-bond donors (Lipinski definition) is 1.